The Labute approximate surface area is 163 Å². The molecular weight excluding hydrogens is 356 g/mol. The molecule has 1 fully saturated rings. The summed E-state index contributed by atoms with van der Waals surface area (Å²) in [6.07, 6.45) is 1.56. The molecule has 1 N–H and O–H groups in total. The van der Waals surface area contributed by atoms with Gasteiger partial charge in [-0.2, -0.15) is 0 Å². The van der Waals surface area contributed by atoms with Gasteiger partial charge in [0, 0.05) is 11.8 Å². The fourth-order valence-corrected chi connectivity index (χ4v) is 3.60. The average Bonchev–Trinajstić information content (AvgIpc) is 2.74. The van der Waals surface area contributed by atoms with Crippen molar-refractivity contribution < 1.29 is 14.4 Å². The lowest BCUT2D eigenvalue weighted by atomic mass is 10.2. The van der Waals surface area contributed by atoms with Crippen molar-refractivity contribution in [3.05, 3.63) is 53.1 Å². The summed E-state index contributed by atoms with van der Waals surface area (Å²) < 4.78 is 12.2. The minimum Gasteiger partial charge on any atom is -0.493 e. The third-order valence-corrected chi connectivity index (χ3v) is 5.37. The van der Waals surface area contributed by atoms with Gasteiger partial charge in [0.2, 0.25) is 0 Å². The summed E-state index contributed by atoms with van der Waals surface area (Å²) in [7, 11) is 5.34. The first kappa shape index (κ1) is 18.3. The highest BCUT2D eigenvalue weighted by molar-refractivity contribution is 5.82. The number of rotatable bonds is 4. The lowest BCUT2D eigenvalue weighted by Gasteiger charge is -2.31. The van der Waals surface area contributed by atoms with E-state index in [9.17, 15) is 4.79 Å². The van der Waals surface area contributed by atoms with Crippen molar-refractivity contribution in [3.63, 3.8) is 0 Å². The quantitative estimate of drug-likeness (QED) is 0.722. The Bertz CT molecular complexity index is 1040. The van der Waals surface area contributed by atoms with Gasteiger partial charge in [-0.15, -0.1) is 0 Å². The summed E-state index contributed by atoms with van der Waals surface area (Å²) in [5.74, 6) is 1.07. The number of likely N-dealkylation sites (N-methyl/N-ethyl adjacent to an activating group) is 1. The van der Waals surface area contributed by atoms with Crippen LogP contribution in [0.3, 0.4) is 0 Å². The second-order valence-corrected chi connectivity index (χ2v) is 7.10. The summed E-state index contributed by atoms with van der Waals surface area (Å²) in [5, 5.41) is 0.492. The average molecular weight is 381 g/mol. The van der Waals surface area contributed by atoms with Crippen molar-refractivity contribution in [2.75, 3.05) is 52.3 Å². The number of nitrogens with one attached hydrogen (secondary N) is 1. The zero-order valence-corrected chi connectivity index (χ0v) is 16.4. The number of ether oxygens (including phenoxy) is 2. The number of quaternary nitrogens is 1. The van der Waals surface area contributed by atoms with Crippen LogP contribution in [0.4, 0.5) is 5.69 Å². The van der Waals surface area contributed by atoms with Gasteiger partial charge in [0.1, 0.15) is 6.33 Å². The van der Waals surface area contributed by atoms with Crippen LogP contribution in [0.15, 0.2) is 47.5 Å². The van der Waals surface area contributed by atoms with Gasteiger partial charge >= 0.3 is 0 Å². The summed E-state index contributed by atoms with van der Waals surface area (Å²) in [4.78, 5) is 21.4. The van der Waals surface area contributed by atoms with Gasteiger partial charge in [-0.05, 0) is 30.3 Å². The van der Waals surface area contributed by atoms with Crippen LogP contribution in [-0.4, -0.2) is 57.0 Å². The molecule has 1 aromatic heterocycles. The zero-order valence-electron chi connectivity index (χ0n) is 16.4. The van der Waals surface area contributed by atoms with E-state index in [1.165, 1.54) is 5.69 Å². The molecule has 0 aliphatic carbocycles. The van der Waals surface area contributed by atoms with E-state index in [2.05, 4.69) is 29.1 Å². The monoisotopic (exact) mass is 381 g/mol. The number of hydrogen-bond donors (Lipinski definition) is 1. The topological polar surface area (TPSA) is 61.0 Å². The van der Waals surface area contributed by atoms with Crippen molar-refractivity contribution in [1.82, 2.24) is 9.55 Å². The molecule has 0 amide bonds. The fourth-order valence-electron chi connectivity index (χ4n) is 3.60. The molecule has 1 aliphatic rings. The number of anilines is 1. The molecule has 4 rings (SSSR count). The molecule has 0 unspecified atom stereocenters. The van der Waals surface area contributed by atoms with Gasteiger partial charge in [-0.3, -0.25) is 9.36 Å². The van der Waals surface area contributed by atoms with Crippen molar-refractivity contribution >= 4 is 16.6 Å². The van der Waals surface area contributed by atoms with E-state index in [1.807, 2.05) is 12.1 Å². The molecule has 0 atom stereocenters. The normalized spacial score (nSPS) is 15.0. The van der Waals surface area contributed by atoms with Crippen LogP contribution >= 0.6 is 0 Å². The van der Waals surface area contributed by atoms with E-state index in [-0.39, 0.29) is 5.56 Å². The van der Waals surface area contributed by atoms with Crippen molar-refractivity contribution in [2.45, 2.75) is 0 Å². The molecule has 2 heterocycles. The molecule has 0 saturated carbocycles. The SMILES string of the molecule is COc1cc2ncn(-c3ccc(N4CC[NH+](C)CC4)cc3)c(=O)c2cc1OC. The van der Waals surface area contributed by atoms with Crippen LogP contribution in [0, 0.1) is 0 Å². The van der Waals surface area contributed by atoms with Crippen LogP contribution < -0.4 is 24.8 Å². The summed E-state index contributed by atoms with van der Waals surface area (Å²) >= 11 is 0. The van der Waals surface area contributed by atoms with E-state index in [4.69, 9.17) is 9.47 Å². The highest BCUT2D eigenvalue weighted by Crippen LogP contribution is 2.30. The number of nitrogens with zero attached hydrogens (tertiary/aromatic N) is 3. The Kier molecular flexibility index (Phi) is 4.92. The molecule has 0 spiro atoms. The molecule has 2 aromatic carbocycles. The molecule has 7 nitrogen and oxygen atoms in total. The minimum absolute atomic E-state index is 0.137. The first-order valence-corrected chi connectivity index (χ1v) is 9.41. The molecular formula is C21H25N4O3+. The Morgan fingerprint density at radius 2 is 1.57 bits per heavy atom. The standard InChI is InChI=1S/C21H24N4O3/c1-23-8-10-24(11-9-23)15-4-6-16(7-5-15)25-14-22-18-13-20(28-3)19(27-2)12-17(18)21(25)26/h4-7,12-14H,8-11H2,1-3H3/p+1. The van der Waals surface area contributed by atoms with Crippen LogP contribution in [0.1, 0.15) is 0 Å². The molecule has 0 radical (unpaired) electrons. The largest absolute Gasteiger partial charge is 0.493 e. The smallest absolute Gasteiger partial charge is 0.265 e. The minimum atomic E-state index is -0.137. The number of benzene rings is 2. The Hall–Kier alpha value is -3.06. The lowest BCUT2D eigenvalue weighted by Crippen LogP contribution is -3.12. The zero-order chi connectivity index (χ0) is 19.7. The van der Waals surface area contributed by atoms with E-state index in [0.29, 0.717) is 22.4 Å². The molecule has 7 heteroatoms. The predicted molar refractivity (Wildman–Crippen MR) is 109 cm³/mol. The summed E-state index contributed by atoms with van der Waals surface area (Å²) in [6, 6.07) is 11.5. The Morgan fingerprint density at radius 1 is 0.964 bits per heavy atom. The lowest BCUT2D eigenvalue weighted by molar-refractivity contribution is -0.880. The van der Waals surface area contributed by atoms with Gasteiger partial charge in [0.05, 0.1) is 64.0 Å². The maximum atomic E-state index is 13.0. The van der Waals surface area contributed by atoms with Crippen molar-refractivity contribution in [1.29, 1.82) is 0 Å². The Morgan fingerprint density at radius 3 is 2.21 bits per heavy atom. The highest BCUT2D eigenvalue weighted by atomic mass is 16.5. The number of methoxy groups -OCH3 is 2. The Balaban J connectivity index is 1.69. The molecule has 1 saturated heterocycles. The van der Waals surface area contributed by atoms with E-state index >= 15 is 0 Å². The first-order chi connectivity index (χ1) is 13.6. The third kappa shape index (κ3) is 3.29. The van der Waals surface area contributed by atoms with Crippen LogP contribution in [-0.2, 0) is 0 Å². The van der Waals surface area contributed by atoms with Crippen LogP contribution in [0.25, 0.3) is 16.6 Å². The number of fused-ring (bicyclic) bond motifs is 1. The van der Waals surface area contributed by atoms with Gasteiger partial charge in [-0.25, -0.2) is 4.98 Å². The molecule has 0 bridgehead atoms. The summed E-state index contributed by atoms with van der Waals surface area (Å²) in [6.45, 7) is 4.37. The van der Waals surface area contributed by atoms with Crippen LogP contribution in [0.5, 0.6) is 11.5 Å². The maximum absolute atomic E-state index is 13.0. The molecule has 146 valence electrons. The molecule has 3 aromatic rings. The highest BCUT2D eigenvalue weighted by Gasteiger charge is 2.17. The number of piperazine rings is 1. The van der Waals surface area contributed by atoms with Gasteiger partial charge in [0.25, 0.3) is 5.56 Å². The number of hydrogen-bond acceptors (Lipinski definition) is 5. The molecule has 1 aliphatic heterocycles. The second kappa shape index (κ2) is 7.52. The van der Waals surface area contributed by atoms with E-state index in [1.54, 1.807) is 42.1 Å². The first-order valence-electron chi connectivity index (χ1n) is 9.41. The van der Waals surface area contributed by atoms with Gasteiger partial charge < -0.3 is 19.3 Å². The van der Waals surface area contributed by atoms with Crippen LogP contribution in [0.2, 0.25) is 0 Å². The van der Waals surface area contributed by atoms with Gasteiger partial charge in [-0.1, -0.05) is 0 Å². The van der Waals surface area contributed by atoms with E-state index < -0.39 is 0 Å². The van der Waals surface area contributed by atoms with E-state index in [0.717, 1.165) is 31.9 Å². The second-order valence-electron chi connectivity index (χ2n) is 7.10. The predicted octanol–water partition coefficient (Wildman–Crippen LogP) is 0.738. The molecule has 28 heavy (non-hydrogen) atoms. The van der Waals surface area contributed by atoms with Crippen molar-refractivity contribution in [3.8, 4) is 17.2 Å². The fraction of sp³-hybridized carbons (Fsp3) is 0.333. The summed E-state index contributed by atoms with van der Waals surface area (Å²) in [5.41, 5.74) is 2.42. The number of aromatic nitrogens is 2. The maximum Gasteiger partial charge on any atom is 0.265 e. The van der Waals surface area contributed by atoms with Crippen molar-refractivity contribution in [2.24, 2.45) is 0 Å². The third-order valence-electron chi connectivity index (χ3n) is 5.37. The van der Waals surface area contributed by atoms with Gasteiger partial charge in [0.15, 0.2) is 11.5 Å².